The third kappa shape index (κ3) is 3.35. The summed E-state index contributed by atoms with van der Waals surface area (Å²) in [6.07, 6.45) is 7.87. The lowest BCUT2D eigenvalue weighted by molar-refractivity contribution is -0.126. The summed E-state index contributed by atoms with van der Waals surface area (Å²) in [6, 6.07) is 10.2. The number of carbonyl (C=O) groups is 1. The summed E-state index contributed by atoms with van der Waals surface area (Å²) in [5, 5.41) is 0. The Kier molecular flexibility index (Phi) is 4.24. The zero-order chi connectivity index (χ0) is 18.1. The van der Waals surface area contributed by atoms with Crippen LogP contribution in [0.4, 0.5) is 0 Å². The molecule has 4 rings (SSSR count). The van der Waals surface area contributed by atoms with Crippen LogP contribution < -0.4 is 0 Å². The van der Waals surface area contributed by atoms with Gasteiger partial charge in [-0.15, -0.1) is 4.40 Å². The van der Waals surface area contributed by atoms with Crippen molar-refractivity contribution in [3.05, 3.63) is 65.9 Å². The molecule has 26 heavy (non-hydrogen) atoms. The van der Waals surface area contributed by atoms with Gasteiger partial charge in [0.15, 0.2) is 0 Å². The van der Waals surface area contributed by atoms with E-state index in [2.05, 4.69) is 22.6 Å². The molecule has 0 fully saturated rings. The number of sulfonamides is 1. The number of benzene rings is 1. The first-order chi connectivity index (χ1) is 12.5. The molecule has 134 valence electrons. The molecule has 0 spiro atoms. The fraction of sp³-hybridized carbons (Fsp3) is 0.263. The van der Waals surface area contributed by atoms with Crippen molar-refractivity contribution in [1.82, 2.24) is 9.80 Å². The first-order valence-electron chi connectivity index (χ1n) is 8.55. The van der Waals surface area contributed by atoms with Gasteiger partial charge in [-0.2, -0.15) is 0 Å². The fourth-order valence-electron chi connectivity index (χ4n) is 3.28. The molecule has 0 bridgehead atoms. The summed E-state index contributed by atoms with van der Waals surface area (Å²) in [4.78, 5) is 16.3. The van der Waals surface area contributed by atoms with E-state index < -0.39 is 10.0 Å². The molecule has 1 aromatic rings. The van der Waals surface area contributed by atoms with Crippen molar-refractivity contribution in [3.8, 4) is 0 Å². The molecule has 0 aliphatic carbocycles. The molecule has 0 radical (unpaired) electrons. The van der Waals surface area contributed by atoms with Gasteiger partial charge in [0.1, 0.15) is 5.84 Å². The highest BCUT2D eigenvalue weighted by Gasteiger charge is 2.27. The number of hydrogen-bond acceptors (Lipinski definition) is 4. The number of carbonyl (C=O) groups excluding carboxylic acids is 1. The summed E-state index contributed by atoms with van der Waals surface area (Å²) in [5.74, 6) is 0.296. The zero-order valence-corrected chi connectivity index (χ0v) is 15.0. The minimum Gasteiger partial charge on any atom is -0.335 e. The largest absolute Gasteiger partial charge is 0.335 e. The van der Waals surface area contributed by atoms with Gasteiger partial charge in [0, 0.05) is 25.8 Å². The van der Waals surface area contributed by atoms with Crippen molar-refractivity contribution in [3.63, 3.8) is 0 Å². The van der Waals surface area contributed by atoms with Gasteiger partial charge in [0.2, 0.25) is 0 Å². The second-order valence-electron chi connectivity index (χ2n) is 6.44. The molecule has 3 aliphatic heterocycles. The minimum absolute atomic E-state index is 0.0325. The van der Waals surface area contributed by atoms with E-state index in [1.54, 1.807) is 23.3 Å². The van der Waals surface area contributed by atoms with Crippen LogP contribution in [0, 0.1) is 0 Å². The average Bonchev–Trinajstić information content (AvgIpc) is 2.67. The van der Waals surface area contributed by atoms with E-state index in [1.807, 2.05) is 23.1 Å². The van der Waals surface area contributed by atoms with Crippen LogP contribution in [0.2, 0.25) is 0 Å². The van der Waals surface area contributed by atoms with E-state index in [4.69, 9.17) is 0 Å². The van der Waals surface area contributed by atoms with Crippen LogP contribution in [-0.2, 0) is 14.8 Å². The standard InChI is InChI=1S/C19H19N3O3S/c23-19(17-6-7-18-20-26(24,25)13-12-22(18)14-17)21-10-8-16(9-11-21)15-4-2-1-3-5-15/h1-8,14H,9-13H2. The Morgan fingerprint density at radius 2 is 1.88 bits per heavy atom. The molecule has 0 unspecified atom stereocenters. The third-order valence-corrected chi connectivity index (χ3v) is 5.88. The Morgan fingerprint density at radius 3 is 2.62 bits per heavy atom. The van der Waals surface area contributed by atoms with Gasteiger partial charge in [-0.1, -0.05) is 36.4 Å². The van der Waals surface area contributed by atoms with Gasteiger partial charge in [-0.05, 0) is 29.7 Å². The molecule has 1 aromatic carbocycles. The first kappa shape index (κ1) is 16.8. The van der Waals surface area contributed by atoms with E-state index >= 15 is 0 Å². The number of rotatable bonds is 2. The molecule has 7 heteroatoms. The molecule has 0 saturated heterocycles. The molecule has 0 aromatic heterocycles. The number of nitrogens with zero attached hydrogens (tertiary/aromatic N) is 3. The van der Waals surface area contributed by atoms with Crippen molar-refractivity contribution in [2.45, 2.75) is 6.42 Å². The SMILES string of the molecule is O=C(C1=CN2CCS(=O)(=O)N=C2C=C1)N1CC=C(c2ccccc2)CC1. The van der Waals surface area contributed by atoms with Crippen molar-refractivity contribution >= 4 is 27.3 Å². The number of hydrogen-bond donors (Lipinski definition) is 0. The molecule has 1 amide bonds. The van der Waals surface area contributed by atoms with Crippen LogP contribution in [-0.4, -0.2) is 55.3 Å². The second-order valence-corrected chi connectivity index (χ2v) is 8.20. The highest BCUT2D eigenvalue weighted by atomic mass is 32.2. The molecular formula is C19H19N3O3S. The van der Waals surface area contributed by atoms with Crippen molar-refractivity contribution in [2.75, 3.05) is 25.4 Å². The van der Waals surface area contributed by atoms with Gasteiger partial charge in [-0.25, -0.2) is 8.42 Å². The van der Waals surface area contributed by atoms with Crippen molar-refractivity contribution in [1.29, 1.82) is 0 Å². The molecule has 3 heterocycles. The minimum atomic E-state index is -3.38. The fourth-order valence-corrected chi connectivity index (χ4v) is 4.25. The summed E-state index contributed by atoms with van der Waals surface area (Å²) in [7, 11) is -3.38. The van der Waals surface area contributed by atoms with E-state index in [0.29, 0.717) is 31.0 Å². The maximum absolute atomic E-state index is 12.8. The maximum Gasteiger partial charge on any atom is 0.256 e. The van der Waals surface area contributed by atoms with E-state index in [-0.39, 0.29) is 11.7 Å². The van der Waals surface area contributed by atoms with E-state index in [1.165, 1.54) is 11.1 Å². The normalized spacial score (nSPS) is 21.5. The van der Waals surface area contributed by atoms with Crippen molar-refractivity contribution < 1.29 is 13.2 Å². The summed E-state index contributed by atoms with van der Waals surface area (Å²) in [5.41, 5.74) is 3.02. The summed E-state index contributed by atoms with van der Waals surface area (Å²) < 4.78 is 26.9. The Labute approximate surface area is 152 Å². The van der Waals surface area contributed by atoms with Crippen LogP contribution in [0.15, 0.2) is 64.7 Å². The van der Waals surface area contributed by atoms with Gasteiger partial charge in [0.25, 0.3) is 15.9 Å². The summed E-state index contributed by atoms with van der Waals surface area (Å²) in [6.45, 7) is 1.56. The summed E-state index contributed by atoms with van der Waals surface area (Å²) >= 11 is 0. The predicted octanol–water partition coefficient (Wildman–Crippen LogP) is 1.80. The van der Waals surface area contributed by atoms with Crippen molar-refractivity contribution in [2.24, 2.45) is 4.40 Å². The quantitative estimate of drug-likeness (QED) is 0.797. The Morgan fingerprint density at radius 1 is 1.08 bits per heavy atom. The van der Waals surface area contributed by atoms with Crippen LogP contribution in [0.5, 0.6) is 0 Å². The van der Waals surface area contributed by atoms with Gasteiger partial charge in [0.05, 0.1) is 11.3 Å². The van der Waals surface area contributed by atoms with E-state index in [0.717, 1.165) is 6.42 Å². The zero-order valence-electron chi connectivity index (χ0n) is 14.2. The molecule has 0 saturated carbocycles. The number of amidine groups is 1. The second kappa shape index (κ2) is 6.57. The smallest absolute Gasteiger partial charge is 0.256 e. The molecule has 0 N–H and O–H groups in total. The molecule has 3 aliphatic rings. The maximum atomic E-state index is 12.8. The number of fused-ring (bicyclic) bond motifs is 1. The lowest BCUT2D eigenvalue weighted by atomic mass is 9.99. The molecule has 6 nitrogen and oxygen atoms in total. The monoisotopic (exact) mass is 369 g/mol. The molecule has 0 atom stereocenters. The first-order valence-corrected chi connectivity index (χ1v) is 10.2. The van der Waals surface area contributed by atoms with Gasteiger partial charge in [-0.3, -0.25) is 4.79 Å². The highest BCUT2D eigenvalue weighted by Crippen LogP contribution is 2.24. The lowest BCUT2D eigenvalue weighted by Crippen LogP contribution is -2.40. The topological polar surface area (TPSA) is 70.0 Å². The Balaban J connectivity index is 1.48. The lowest BCUT2D eigenvalue weighted by Gasteiger charge is -2.30. The average molecular weight is 369 g/mol. The number of amides is 1. The third-order valence-electron chi connectivity index (χ3n) is 4.71. The van der Waals surface area contributed by atoms with E-state index in [9.17, 15) is 13.2 Å². The van der Waals surface area contributed by atoms with Crippen LogP contribution in [0.3, 0.4) is 0 Å². The van der Waals surface area contributed by atoms with Crippen LogP contribution in [0.1, 0.15) is 12.0 Å². The Bertz CT molecular complexity index is 959. The highest BCUT2D eigenvalue weighted by molar-refractivity contribution is 7.90. The Hall–Kier alpha value is -2.67. The van der Waals surface area contributed by atoms with Gasteiger partial charge >= 0.3 is 0 Å². The molecular weight excluding hydrogens is 350 g/mol. The predicted molar refractivity (Wildman–Crippen MR) is 101 cm³/mol. The van der Waals surface area contributed by atoms with Crippen LogP contribution >= 0.6 is 0 Å². The van der Waals surface area contributed by atoms with Crippen LogP contribution in [0.25, 0.3) is 5.57 Å². The van der Waals surface area contributed by atoms with Gasteiger partial charge < -0.3 is 9.80 Å².